The minimum Gasteiger partial charge on any atom is -0.355 e. The molecule has 1 aromatic heterocycles. The largest absolute Gasteiger partial charge is 0.355 e. The van der Waals surface area contributed by atoms with Crippen molar-refractivity contribution < 1.29 is 9.59 Å². The Hall–Kier alpha value is -2.89. The molecular weight excluding hydrogens is 280 g/mol. The summed E-state index contributed by atoms with van der Waals surface area (Å²) in [6, 6.07) is 5.13. The number of aryl methyl sites for hydroxylation is 2. The third-order valence-electron chi connectivity index (χ3n) is 3.13. The van der Waals surface area contributed by atoms with Crippen LogP contribution in [0.1, 0.15) is 21.5 Å². The highest BCUT2D eigenvalue weighted by atomic mass is 16.2. The summed E-state index contributed by atoms with van der Waals surface area (Å²) in [5, 5.41) is 9.37. The zero-order valence-electron chi connectivity index (χ0n) is 12.8. The lowest BCUT2D eigenvalue weighted by molar-refractivity contribution is -0.111. The van der Waals surface area contributed by atoms with E-state index in [0.717, 1.165) is 11.1 Å². The molecular formula is C16H18N4O2. The summed E-state index contributed by atoms with van der Waals surface area (Å²) in [6.45, 7) is 1.84. The molecule has 2 N–H and O–H groups in total. The average molecular weight is 298 g/mol. The summed E-state index contributed by atoms with van der Waals surface area (Å²) < 4.78 is 1.67. The molecule has 0 radical (unpaired) electrons. The van der Waals surface area contributed by atoms with Crippen LogP contribution < -0.4 is 10.6 Å². The molecule has 22 heavy (non-hydrogen) atoms. The lowest BCUT2D eigenvalue weighted by Gasteiger charge is -2.08. The summed E-state index contributed by atoms with van der Waals surface area (Å²) in [5.74, 6) is -0.392. The van der Waals surface area contributed by atoms with Gasteiger partial charge in [0.1, 0.15) is 0 Å². The van der Waals surface area contributed by atoms with Crippen molar-refractivity contribution in [3.8, 4) is 0 Å². The van der Waals surface area contributed by atoms with Crippen molar-refractivity contribution in [1.82, 2.24) is 15.1 Å². The van der Waals surface area contributed by atoms with Gasteiger partial charge in [-0.25, -0.2) is 0 Å². The molecule has 114 valence electrons. The van der Waals surface area contributed by atoms with Crippen molar-refractivity contribution in [2.24, 2.45) is 7.05 Å². The number of hydrogen-bond donors (Lipinski definition) is 2. The Balaban J connectivity index is 2.05. The van der Waals surface area contributed by atoms with Gasteiger partial charge in [0.05, 0.1) is 6.20 Å². The molecule has 0 unspecified atom stereocenters. The number of anilines is 1. The fourth-order valence-electron chi connectivity index (χ4n) is 1.96. The first-order valence-electron chi connectivity index (χ1n) is 6.80. The molecule has 0 saturated heterocycles. The summed E-state index contributed by atoms with van der Waals surface area (Å²) in [6.07, 6.45) is 6.63. The van der Waals surface area contributed by atoms with Crippen LogP contribution in [0.5, 0.6) is 0 Å². The molecule has 2 aromatic rings. The third kappa shape index (κ3) is 3.82. The van der Waals surface area contributed by atoms with Gasteiger partial charge in [0, 0.05) is 43.2 Å². The molecule has 0 aliphatic heterocycles. The number of hydrogen-bond acceptors (Lipinski definition) is 3. The first-order valence-corrected chi connectivity index (χ1v) is 6.80. The average Bonchev–Trinajstić information content (AvgIpc) is 2.92. The van der Waals surface area contributed by atoms with E-state index in [1.54, 1.807) is 42.2 Å². The highest BCUT2D eigenvalue weighted by molar-refractivity contribution is 6.03. The molecule has 2 amide bonds. The van der Waals surface area contributed by atoms with Crippen LogP contribution in [-0.4, -0.2) is 28.6 Å². The number of benzene rings is 1. The normalized spacial score (nSPS) is 10.7. The quantitative estimate of drug-likeness (QED) is 0.844. The van der Waals surface area contributed by atoms with Gasteiger partial charge in [-0.3, -0.25) is 14.3 Å². The van der Waals surface area contributed by atoms with E-state index in [4.69, 9.17) is 0 Å². The van der Waals surface area contributed by atoms with Crippen molar-refractivity contribution in [2.45, 2.75) is 6.92 Å². The van der Waals surface area contributed by atoms with Crippen LogP contribution >= 0.6 is 0 Å². The van der Waals surface area contributed by atoms with Gasteiger partial charge in [0.2, 0.25) is 5.91 Å². The number of nitrogens with one attached hydrogen (secondary N) is 2. The number of amides is 2. The Bertz CT molecular complexity index is 731. The SMILES string of the molecule is CNC(=O)c1ccc(NC(=O)/C=C/c2cnn(C)c2)c(C)c1. The molecule has 1 heterocycles. The van der Waals surface area contributed by atoms with E-state index in [1.165, 1.54) is 6.08 Å². The van der Waals surface area contributed by atoms with E-state index in [1.807, 2.05) is 20.2 Å². The van der Waals surface area contributed by atoms with Crippen molar-refractivity contribution in [1.29, 1.82) is 0 Å². The van der Waals surface area contributed by atoms with Gasteiger partial charge in [0.25, 0.3) is 5.91 Å². The van der Waals surface area contributed by atoms with Gasteiger partial charge in [-0.05, 0) is 36.8 Å². The minimum atomic E-state index is -0.236. The van der Waals surface area contributed by atoms with Crippen LogP contribution in [0.4, 0.5) is 5.69 Å². The molecule has 0 atom stereocenters. The van der Waals surface area contributed by atoms with Gasteiger partial charge in [-0.15, -0.1) is 0 Å². The second-order valence-electron chi connectivity index (χ2n) is 4.88. The fourth-order valence-corrected chi connectivity index (χ4v) is 1.96. The molecule has 2 rings (SSSR count). The van der Waals surface area contributed by atoms with Gasteiger partial charge < -0.3 is 10.6 Å². The van der Waals surface area contributed by atoms with E-state index in [0.29, 0.717) is 11.3 Å². The molecule has 0 spiro atoms. The summed E-state index contributed by atoms with van der Waals surface area (Å²) in [7, 11) is 3.39. The summed E-state index contributed by atoms with van der Waals surface area (Å²) in [5.41, 5.74) is 2.91. The first kappa shape index (κ1) is 15.5. The van der Waals surface area contributed by atoms with Crippen LogP contribution in [0.25, 0.3) is 6.08 Å². The van der Waals surface area contributed by atoms with E-state index in [2.05, 4.69) is 15.7 Å². The fraction of sp³-hybridized carbons (Fsp3) is 0.188. The zero-order chi connectivity index (χ0) is 16.1. The Morgan fingerprint density at radius 3 is 2.68 bits per heavy atom. The smallest absolute Gasteiger partial charge is 0.251 e. The molecule has 6 nitrogen and oxygen atoms in total. The molecule has 6 heteroatoms. The van der Waals surface area contributed by atoms with Crippen LogP contribution in [0.15, 0.2) is 36.7 Å². The van der Waals surface area contributed by atoms with Crippen LogP contribution in [0.3, 0.4) is 0 Å². The monoisotopic (exact) mass is 298 g/mol. The van der Waals surface area contributed by atoms with Crippen molar-refractivity contribution in [3.05, 3.63) is 53.4 Å². The third-order valence-corrected chi connectivity index (χ3v) is 3.13. The van der Waals surface area contributed by atoms with Gasteiger partial charge >= 0.3 is 0 Å². The maximum atomic E-state index is 11.9. The summed E-state index contributed by atoms with van der Waals surface area (Å²) in [4.78, 5) is 23.5. The molecule has 0 aliphatic rings. The Morgan fingerprint density at radius 2 is 2.09 bits per heavy atom. The number of nitrogens with zero attached hydrogens (tertiary/aromatic N) is 2. The van der Waals surface area contributed by atoms with Gasteiger partial charge in [-0.1, -0.05) is 0 Å². The molecule has 0 saturated carbocycles. The van der Waals surface area contributed by atoms with Crippen LogP contribution in [0, 0.1) is 6.92 Å². The number of aromatic nitrogens is 2. The summed E-state index contributed by atoms with van der Waals surface area (Å²) >= 11 is 0. The highest BCUT2D eigenvalue weighted by Gasteiger charge is 2.07. The van der Waals surface area contributed by atoms with Crippen LogP contribution in [-0.2, 0) is 11.8 Å². The van der Waals surface area contributed by atoms with Gasteiger partial charge in [-0.2, -0.15) is 5.10 Å². The maximum Gasteiger partial charge on any atom is 0.251 e. The number of carbonyl (C=O) groups excluding carboxylic acids is 2. The second-order valence-corrected chi connectivity index (χ2v) is 4.88. The van der Waals surface area contributed by atoms with E-state index in [-0.39, 0.29) is 11.8 Å². The lowest BCUT2D eigenvalue weighted by atomic mass is 10.1. The molecule has 0 fully saturated rings. The minimum absolute atomic E-state index is 0.155. The second kappa shape index (κ2) is 6.71. The number of carbonyl (C=O) groups is 2. The Morgan fingerprint density at radius 1 is 1.32 bits per heavy atom. The van der Waals surface area contributed by atoms with Gasteiger partial charge in [0.15, 0.2) is 0 Å². The predicted molar refractivity (Wildman–Crippen MR) is 85.4 cm³/mol. The standard InChI is InChI=1S/C16H18N4O2/c1-11-8-13(16(22)17-2)5-6-14(11)19-15(21)7-4-12-9-18-20(3)10-12/h4-10H,1-3H3,(H,17,22)(H,19,21)/b7-4+. The zero-order valence-corrected chi connectivity index (χ0v) is 12.8. The Kier molecular flexibility index (Phi) is 4.73. The van der Waals surface area contributed by atoms with Crippen LogP contribution in [0.2, 0.25) is 0 Å². The van der Waals surface area contributed by atoms with Crippen molar-refractivity contribution in [3.63, 3.8) is 0 Å². The van der Waals surface area contributed by atoms with E-state index >= 15 is 0 Å². The molecule has 1 aromatic carbocycles. The van der Waals surface area contributed by atoms with E-state index < -0.39 is 0 Å². The maximum absolute atomic E-state index is 11.9. The highest BCUT2D eigenvalue weighted by Crippen LogP contribution is 2.16. The number of rotatable bonds is 4. The van der Waals surface area contributed by atoms with E-state index in [9.17, 15) is 9.59 Å². The predicted octanol–water partition coefficient (Wildman–Crippen LogP) is 1.74. The van der Waals surface area contributed by atoms with Crippen molar-refractivity contribution >= 4 is 23.6 Å². The molecule has 0 bridgehead atoms. The molecule has 0 aliphatic carbocycles. The van der Waals surface area contributed by atoms with Crippen molar-refractivity contribution in [2.75, 3.05) is 12.4 Å². The topological polar surface area (TPSA) is 76.0 Å². The lowest BCUT2D eigenvalue weighted by Crippen LogP contribution is -2.18. The first-order chi connectivity index (χ1) is 10.5. The Labute approximate surface area is 128 Å².